The summed E-state index contributed by atoms with van der Waals surface area (Å²) in [5, 5.41) is 0. The van der Waals surface area contributed by atoms with Gasteiger partial charge in [0.1, 0.15) is 13.2 Å². The number of unbranched alkanes of at least 4 members (excludes halogenated alkanes) is 27. The fourth-order valence-electron chi connectivity index (χ4n) is 6.90. The number of esters is 3. The molecule has 57 heavy (non-hydrogen) atoms. The maximum atomic E-state index is 12.7. The van der Waals surface area contributed by atoms with Crippen molar-refractivity contribution in [2.24, 2.45) is 0 Å². The van der Waals surface area contributed by atoms with Crippen molar-refractivity contribution in [3.63, 3.8) is 0 Å². The monoisotopic (exact) mass is 801 g/mol. The molecule has 0 aliphatic rings. The molecular weight excluding hydrogens is 709 g/mol. The molecule has 0 saturated carbocycles. The van der Waals surface area contributed by atoms with E-state index >= 15 is 0 Å². The van der Waals surface area contributed by atoms with Crippen LogP contribution >= 0.6 is 0 Å². The van der Waals surface area contributed by atoms with Crippen LogP contribution in [0.4, 0.5) is 0 Å². The van der Waals surface area contributed by atoms with Crippen molar-refractivity contribution >= 4 is 17.9 Å². The van der Waals surface area contributed by atoms with E-state index in [0.717, 1.165) is 57.8 Å². The van der Waals surface area contributed by atoms with Gasteiger partial charge >= 0.3 is 17.9 Å². The summed E-state index contributed by atoms with van der Waals surface area (Å²) in [6, 6.07) is 0. The maximum Gasteiger partial charge on any atom is 0.306 e. The summed E-state index contributed by atoms with van der Waals surface area (Å²) in [6.07, 6.45) is 52.8. The zero-order valence-corrected chi connectivity index (χ0v) is 37.9. The van der Waals surface area contributed by atoms with E-state index in [1.54, 1.807) is 0 Å². The molecule has 6 nitrogen and oxygen atoms in total. The van der Waals surface area contributed by atoms with Gasteiger partial charge in [0.25, 0.3) is 0 Å². The molecule has 0 N–H and O–H groups in total. The maximum absolute atomic E-state index is 12.7. The molecule has 0 aliphatic carbocycles. The Hall–Kier alpha value is -2.37. The largest absolute Gasteiger partial charge is 0.462 e. The summed E-state index contributed by atoms with van der Waals surface area (Å²) >= 11 is 0. The van der Waals surface area contributed by atoms with Crippen LogP contribution in [0.15, 0.2) is 36.5 Å². The highest BCUT2D eigenvalue weighted by molar-refractivity contribution is 5.71. The Kier molecular flexibility index (Phi) is 44.4. The number of carbonyl (C=O) groups is 3. The Bertz CT molecular complexity index is 969. The van der Waals surface area contributed by atoms with Gasteiger partial charge in [-0.2, -0.15) is 0 Å². The molecule has 0 aromatic rings. The summed E-state index contributed by atoms with van der Waals surface area (Å²) in [5.74, 6) is -0.966. The minimum Gasteiger partial charge on any atom is -0.462 e. The third kappa shape index (κ3) is 44.6. The molecule has 0 aromatic heterocycles. The normalized spacial score (nSPS) is 12.3. The average Bonchev–Trinajstić information content (AvgIpc) is 3.21. The van der Waals surface area contributed by atoms with Gasteiger partial charge in [-0.3, -0.25) is 14.4 Å². The summed E-state index contributed by atoms with van der Waals surface area (Å²) in [4.78, 5) is 37.8. The summed E-state index contributed by atoms with van der Waals surface area (Å²) < 4.78 is 16.7. The van der Waals surface area contributed by atoms with Crippen LogP contribution in [0.1, 0.15) is 252 Å². The van der Waals surface area contributed by atoms with E-state index in [-0.39, 0.29) is 37.5 Å². The van der Waals surface area contributed by atoms with Gasteiger partial charge in [0, 0.05) is 19.3 Å². The van der Waals surface area contributed by atoms with Crippen LogP contribution in [0.3, 0.4) is 0 Å². The lowest BCUT2D eigenvalue weighted by atomic mass is 10.0. The topological polar surface area (TPSA) is 78.9 Å². The average molecular weight is 801 g/mol. The molecule has 0 aliphatic heterocycles. The number of hydrogen-bond donors (Lipinski definition) is 0. The summed E-state index contributed by atoms with van der Waals surface area (Å²) in [6.45, 7) is 6.56. The highest BCUT2D eigenvalue weighted by atomic mass is 16.6. The van der Waals surface area contributed by atoms with Gasteiger partial charge in [-0.25, -0.2) is 0 Å². The SMILES string of the molecule is CCCCC/C=C\CCCCCCCC(=O)OCC(COC(=O)CCCCCCCCCCCCCCCC)OC(=O)CC/C=C\C/C=C\CCCCCCCC. The third-order valence-corrected chi connectivity index (χ3v) is 10.6. The first-order chi connectivity index (χ1) is 28.0. The molecule has 1 unspecified atom stereocenters. The van der Waals surface area contributed by atoms with Crippen LogP contribution < -0.4 is 0 Å². The van der Waals surface area contributed by atoms with Gasteiger partial charge < -0.3 is 14.2 Å². The number of hydrogen-bond acceptors (Lipinski definition) is 6. The molecule has 6 heteroatoms. The molecule has 0 rings (SSSR count). The van der Waals surface area contributed by atoms with E-state index in [4.69, 9.17) is 14.2 Å². The lowest BCUT2D eigenvalue weighted by molar-refractivity contribution is -0.166. The molecule has 0 aromatic carbocycles. The minimum absolute atomic E-state index is 0.0945. The zero-order valence-electron chi connectivity index (χ0n) is 37.9. The van der Waals surface area contributed by atoms with Crippen molar-refractivity contribution < 1.29 is 28.6 Å². The van der Waals surface area contributed by atoms with E-state index < -0.39 is 6.10 Å². The summed E-state index contributed by atoms with van der Waals surface area (Å²) in [5.41, 5.74) is 0. The summed E-state index contributed by atoms with van der Waals surface area (Å²) in [7, 11) is 0. The fraction of sp³-hybridized carbons (Fsp3) is 0.824. The highest BCUT2D eigenvalue weighted by Gasteiger charge is 2.19. The van der Waals surface area contributed by atoms with Crippen LogP contribution in [-0.4, -0.2) is 37.2 Å². The predicted molar refractivity (Wildman–Crippen MR) is 242 cm³/mol. The first-order valence-corrected chi connectivity index (χ1v) is 24.5. The van der Waals surface area contributed by atoms with E-state index in [1.807, 2.05) is 6.08 Å². The van der Waals surface area contributed by atoms with Gasteiger partial charge in [0.15, 0.2) is 6.10 Å². The van der Waals surface area contributed by atoms with Gasteiger partial charge in [0.2, 0.25) is 0 Å². The molecule has 332 valence electrons. The van der Waals surface area contributed by atoms with Crippen molar-refractivity contribution in [3.8, 4) is 0 Å². The lowest BCUT2D eigenvalue weighted by Gasteiger charge is -2.18. The standard InChI is InChI=1S/C51H92O6/c1-4-7-10-13-16-19-22-25-27-29-32-35-38-41-44-50(53)56-47-48(46-55-49(52)43-40-37-34-31-28-24-21-18-15-12-9-6-3)57-51(54)45-42-39-36-33-30-26-23-20-17-14-11-8-5-2/h18,21,26,30,36,39,48H,4-17,19-20,22-25,27-29,31-35,37-38,40-47H2,1-3H3/b21-18-,30-26-,39-36-. The Balaban J connectivity index is 4.43. The van der Waals surface area contributed by atoms with E-state index in [9.17, 15) is 14.4 Å². The Labute approximate surface area is 353 Å². The van der Waals surface area contributed by atoms with E-state index in [1.165, 1.54) is 148 Å². The second-order valence-corrected chi connectivity index (χ2v) is 16.4. The predicted octanol–water partition coefficient (Wildman–Crippen LogP) is 15.8. The van der Waals surface area contributed by atoms with Crippen LogP contribution in [0.5, 0.6) is 0 Å². The molecule has 0 amide bonds. The minimum atomic E-state index is -0.800. The highest BCUT2D eigenvalue weighted by Crippen LogP contribution is 2.15. The van der Waals surface area contributed by atoms with Gasteiger partial charge in [0.05, 0.1) is 0 Å². The van der Waals surface area contributed by atoms with Crippen molar-refractivity contribution in [1.29, 1.82) is 0 Å². The quantitative estimate of drug-likeness (QED) is 0.0264. The second-order valence-electron chi connectivity index (χ2n) is 16.4. The van der Waals surface area contributed by atoms with Crippen molar-refractivity contribution in [2.45, 2.75) is 258 Å². The molecule has 1 atom stereocenters. The number of carbonyl (C=O) groups excluding carboxylic acids is 3. The van der Waals surface area contributed by atoms with Crippen LogP contribution in [0, 0.1) is 0 Å². The smallest absolute Gasteiger partial charge is 0.306 e. The molecule has 0 fully saturated rings. The second kappa shape index (κ2) is 46.3. The van der Waals surface area contributed by atoms with E-state index in [2.05, 4.69) is 51.2 Å². The zero-order chi connectivity index (χ0) is 41.5. The van der Waals surface area contributed by atoms with Gasteiger partial charge in [-0.15, -0.1) is 0 Å². The Morgan fingerprint density at radius 1 is 0.351 bits per heavy atom. The molecule has 0 bridgehead atoms. The molecule has 0 heterocycles. The molecule has 0 saturated heterocycles. The molecule has 0 radical (unpaired) electrons. The first kappa shape index (κ1) is 54.6. The van der Waals surface area contributed by atoms with Gasteiger partial charge in [-0.05, 0) is 64.2 Å². The molecule has 0 spiro atoms. The van der Waals surface area contributed by atoms with Crippen LogP contribution in [0.25, 0.3) is 0 Å². The Morgan fingerprint density at radius 2 is 0.667 bits per heavy atom. The van der Waals surface area contributed by atoms with Crippen molar-refractivity contribution in [3.05, 3.63) is 36.5 Å². The van der Waals surface area contributed by atoms with E-state index in [0.29, 0.717) is 19.3 Å². The van der Waals surface area contributed by atoms with Crippen molar-refractivity contribution in [1.82, 2.24) is 0 Å². The lowest BCUT2D eigenvalue weighted by Crippen LogP contribution is -2.30. The Morgan fingerprint density at radius 3 is 1.09 bits per heavy atom. The number of allylic oxidation sites excluding steroid dienone is 6. The van der Waals surface area contributed by atoms with Gasteiger partial charge in [-0.1, -0.05) is 205 Å². The van der Waals surface area contributed by atoms with Crippen LogP contribution in [-0.2, 0) is 28.6 Å². The molecular formula is C51H92O6. The third-order valence-electron chi connectivity index (χ3n) is 10.6. The fourth-order valence-corrected chi connectivity index (χ4v) is 6.90. The first-order valence-electron chi connectivity index (χ1n) is 24.5. The number of ether oxygens (including phenoxy) is 3. The van der Waals surface area contributed by atoms with Crippen molar-refractivity contribution in [2.75, 3.05) is 13.2 Å². The number of rotatable bonds is 44. The van der Waals surface area contributed by atoms with Crippen LogP contribution in [0.2, 0.25) is 0 Å².